The van der Waals surface area contributed by atoms with Crippen molar-refractivity contribution in [3.05, 3.63) is 93.0 Å². The lowest BCUT2D eigenvalue weighted by Gasteiger charge is -2.33. The summed E-state index contributed by atoms with van der Waals surface area (Å²) >= 11 is 5.15. The average Bonchev–Trinajstić information content (AvgIpc) is 3.47. The van der Waals surface area contributed by atoms with Gasteiger partial charge in [-0.2, -0.15) is 0 Å². The summed E-state index contributed by atoms with van der Waals surface area (Å²) in [6.07, 6.45) is 4.68. The van der Waals surface area contributed by atoms with Gasteiger partial charge in [0, 0.05) is 20.6 Å². The first-order valence-corrected chi connectivity index (χ1v) is 13.8. The van der Waals surface area contributed by atoms with E-state index < -0.39 is 0 Å². The Morgan fingerprint density at radius 2 is 1.92 bits per heavy atom. The summed E-state index contributed by atoms with van der Waals surface area (Å²) in [7, 11) is 0. The van der Waals surface area contributed by atoms with E-state index >= 15 is 0 Å². The number of fused-ring (bicyclic) bond motifs is 1. The minimum atomic E-state index is -0.102. The van der Waals surface area contributed by atoms with E-state index in [0.717, 1.165) is 51.3 Å². The third kappa shape index (κ3) is 5.40. The number of hydrogen-bond acceptors (Lipinski definition) is 4. The molecule has 0 aliphatic heterocycles. The molecule has 1 amide bonds. The number of halogens is 1. The van der Waals surface area contributed by atoms with Gasteiger partial charge in [0.1, 0.15) is 16.5 Å². The smallest absolute Gasteiger partial charge is 0.259 e. The minimum absolute atomic E-state index is 0.102. The summed E-state index contributed by atoms with van der Waals surface area (Å²) in [4.78, 5) is 19.5. The molecule has 184 valence electrons. The van der Waals surface area contributed by atoms with Crippen molar-refractivity contribution in [3.63, 3.8) is 0 Å². The molecule has 36 heavy (non-hydrogen) atoms. The number of rotatable bonds is 5. The standard InChI is InChI=1S/C30H29BrN2O2S/c1-30(2,3)20-12-14-24-26(17-20)36-29(27(24)28(34)33-22-10-5-4-6-11-22)32-18-23-13-15-25(35-23)19-8-7-9-21(31)16-19/h4-11,13,15-16,18,20H,12,14,17H2,1-3H3,(H,33,34)/t20-/m1/s1. The maximum atomic E-state index is 13.5. The van der Waals surface area contributed by atoms with Crippen LogP contribution < -0.4 is 5.32 Å². The van der Waals surface area contributed by atoms with E-state index in [-0.39, 0.29) is 11.3 Å². The summed E-state index contributed by atoms with van der Waals surface area (Å²) in [6, 6.07) is 21.4. The van der Waals surface area contributed by atoms with Crippen molar-refractivity contribution in [2.24, 2.45) is 16.3 Å². The third-order valence-electron chi connectivity index (χ3n) is 6.78. The molecule has 0 spiro atoms. The molecule has 1 aliphatic carbocycles. The molecule has 5 rings (SSSR count). The number of nitrogens with one attached hydrogen (secondary N) is 1. The van der Waals surface area contributed by atoms with Crippen molar-refractivity contribution < 1.29 is 9.21 Å². The largest absolute Gasteiger partial charge is 0.455 e. The number of hydrogen-bond donors (Lipinski definition) is 1. The molecule has 0 radical (unpaired) electrons. The highest BCUT2D eigenvalue weighted by Crippen LogP contribution is 2.45. The Morgan fingerprint density at radius 1 is 1.11 bits per heavy atom. The Labute approximate surface area is 224 Å². The van der Waals surface area contributed by atoms with E-state index in [1.54, 1.807) is 17.6 Å². The molecule has 2 aromatic heterocycles. The van der Waals surface area contributed by atoms with Gasteiger partial charge in [-0.05, 0) is 72.6 Å². The van der Waals surface area contributed by atoms with E-state index in [9.17, 15) is 4.79 Å². The molecule has 2 heterocycles. The summed E-state index contributed by atoms with van der Waals surface area (Å²) in [5.41, 5.74) is 3.85. The summed E-state index contributed by atoms with van der Waals surface area (Å²) < 4.78 is 7.04. The van der Waals surface area contributed by atoms with Crippen molar-refractivity contribution in [2.45, 2.75) is 40.0 Å². The van der Waals surface area contributed by atoms with Gasteiger partial charge in [-0.25, -0.2) is 4.99 Å². The zero-order chi connectivity index (χ0) is 25.3. The number of furan rings is 1. The fourth-order valence-electron chi connectivity index (χ4n) is 4.69. The van der Waals surface area contributed by atoms with Crippen LogP contribution in [0.25, 0.3) is 11.3 Å². The van der Waals surface area contributed by atoms with Gasteiger partial charge in [0.25, 0.3) is 5.91 Å². The van der Waals surface area contributed by atoms with Crippen LogP contribution in [-0.2, 0) is 12.8 Å². The van der Waals surface area contributed by atoms with Crippen LogP contribution in [0.2, 0.25) is 0 Å². The number of anilines is 1. The lowest BCUT2D eigenvalue weighted by Crippen LogP contribution is -2.27. The summed E-state index contributed by atoms with van der Waals surface area (Å²) in [5.74, 6) is 1.91. The van der Waals surface area contributed by atoms with E-state index in [1.807, 2.05) is 66.7 Å². The van der Waals surface area contributed by atoms with Gasteiger partial charge in [-0.1, -0.05) is 67.0 Å². The second kappa shape index (κ2) is 10.2. The highest BCUT2D eigenvalue weighted by Gasteiger charge is 2.33. The zero-order valence-corrected chi connectivity index (χ0v) is 23.1. The number of amides is 1. The Hall–Kier alpha value is -2.96. The van der Waals surface area contributed by atoms with Crippen LogP contribution in [0.1, 0.15) is 53.8 Å². The molecular formula is C30H29BrN2O2S. The Kier molecular flexibility index (Phi) is 7.00. The third-order valence-corrected chi connectivity index (χ3v) is 8.43. The zero-order valence-electron chi connectivity index (χ0n) is 20.7. The number of benzene rings is 2. The van der Waals surface area contributed by atoms with Crippen molar-refractivity contribution in [1.29, 1.82) is 0 Å². The van der Waals surface area contributed by atoms with Gasteiger partial charge in [0.2, 0.25) is 0 Å². The first-order valence-electron chi connectivity index (χ1n) is 12.2. The number of para-hydroxylation sites is 1. The van der Waals surface area contributed by atoms with E-state index in [0.29, 0.717) is 17.2 Å². The molecule has 0 saturated carbocycles. The summed E-state index contributed by atoms with van der Waals surface area (Å²) in [6.45, 7) is 6.91. The molecular weight excluding hydrogens is 532 g/mol. The van der Waals surface area contributed by atoms with E-state index in [2.05, 4.69) is 42.0 Å². The maximum Gasteiger partial charge on any atom is 0.259 e. The second-order valence-electron chi connectivity index (χ2n) is 10.3. The van der Waals surface area contributed by atoms with E-state index in [4.69, 9.17) is 9.41 Å². The molecule has 0 saturated heterocycles. The Balaban J connectivity index is 1.47. The Bertz CT molecular complexity index is 1410. The van der Waals surface area contributed by atoms with E-state index in [1.165, 1.54) is 4.88 Å². The molecule has 4 nitrogen and oxygen atoms in total. The van der Waals surface area contributed by atoms with Crippen LogP contribution in [0.4, 0.5) is 10.7 Å². The topological polar surface area (TPSA) is 54.6 Å². The van der Waals surface area contributed by atoms with Crippen molar-refractivity contribution in [2.75, 3.05) is 5.32 Å². The first kappa shape index (κ1) is 24.7. The van der Waals surface area contributed by atoms with Crippen molar-refractivity contribution in [3.8, 4) is 11.3 Å². The van der Waals surface area contributed by atoms with Gasteiger partial charge in [-0.15, -0.1) is 11.3 Å². The van der Waals surface area contributed by atoms with Crippen LogP contribution in [0.3, 0.4) is 0 Å². The quantitative estimate of drug-likeness (QED) is 0.247. The van der Waals surface area contributed by atoms with Crippen LogP contribution in [0.5, 0.6) is 0 Å². The second-order valence-corrected chi connectivity index (χ2v) is 12.3. The number of thiophene rings is 1. The van der Waals surface area contributed by atoms with Gasteiger partial charge in [0.05, 0.1) is 11.8 Å². The molecule has 1 aliphatic rings. The van der Waals surface area contributed by atoms with Gasteiger partial charge in [0.15, 0.2) is 0 Å². The number of nitrogens with zero attached hydrogens (tertiary/aromatic N) is 1. The van der Waals surface area contributed by atoms with Crippen LogP contribution in [0.15, 0.2) is 80.6 Å². The van der Waals surface area contributed by atoms with Gasteiger partial charge in [-0.3, -0.25) is 4.79 Å². The molecule has 0 unspecified atom stereocenters. The maximum absolute atomic E-state index is 13.5. The highest BCUT2D eigenvalue weighted by atomic mass is 79.9. The molecule has 2 aromatic carbocycles. The van der Waals surface area contributed by atoms with Gasteiger partial charge >= 0.3 is 0 Å². The molecule has 0 bridgehead atoms. The molecule has 4 aromatic rings. The van der Waals surface area contributed by atoms with Crippen molar-refractivity contribution in [1.82, 2.24) is 0 Å². The average molecular weight is 562 g/mol. The molecule has 6 heteroatoms. The Morgan fingerprint density at radius 3 is 2.67 bits per heavy atom. The van der Waals surface area contributed by atoms with Gasteiger partial charge < -0.3 is 9.73 Å². The van der Waals surface area contributed by atoms with Crippen molar-refractivity contribution >= 4 is 50.1 Å². The molecule has 0 fully saturated rings. The number of aliphatic imine (C=N–C) groups is 1. The van der Waals surface area contributed by atoms with Crippen LogP contribution >= 0.6 is 27.3 Å². The lowest BCUT2D eigenvalue weighted by atomic mass is 9.72. The lowest BCUT2D eigenvalue weighted by molar-refractivity contribution is 0.102. The number of carbonyl (C=O) groups excluding carboxylic acids is 1. The fourth-order valence-corrected chi connectivity index (χ4v) is 6.36. The highest BCUT2D eigenvalue weighted by molar-refractivity contribution is 9.10. The molecule has 1 atom stereocenters. The summed E-state index contributed by atoms with van der Waals surface area (Å²) in [5, 5.41) is 3.81. The normalized spacial score (nSPS) is 15.7. The fraction of sp³-hybridized carbons (Fsp3) is 0.267. The predicted molar refractivity (Wildman–Crippen MR) is 153 cm³/mol. The SMILES string of the molecule is CC(C)(C)[C@@H]1CCc2c(sc(N=Cc3ccc(-c4cccc(Br)c4)o3)c2C(=O)Nc2ccccc2)C1. The molecule has 1 N–H and O–H groups in total. The monoisotopic (exact) mass is 560 g/mol. The van der Waals surface area contributed by atoms with Crippen LogP contribution in [0, 0.1) is 11.3 Å². The predicted octanol–water partition coefficient (Wildman–Crippen LogP) is 8.92. The van der Waals surface area contributed by atoms with Crippen LogP contribution in [-0.4, -0.2) is 12.1 Å². The number of carbonyl (C=O) groups is 1. The minimum Gasteiger partial charge on any atom is -0.455 e. The first-order chi connectivity index (χ1) is 17.3.